The maximum Gasteiger partial charge on any atom is 0.310 e. The Hall–Kier alpha value is -0.620. The standard InChI is InChI=1S/C15H27NO4S/c1-16(12-8-5-3-4-6-9-12)21(18,19)14-11-7-10-13(14)15(17)20-2/h12-14H,3-11H2,1-2H3. The molecule has 0 radical (unpaired) electrons. The molecule has 0 bridgehead atoms. The third-order valence-corrected chi connectivity index (χ3v) is 7.51. The Morgan fingerprint density at radius 3 is 2.19 bits per heavy atom. The maximum atomic E-state index is 12.9. The highest BCUT2D eigenvalue weighted by Crippen LogP contribution is 2.35. The van der Waals surface area contributed by atoms with Crippen LogP contribution in [0.2, 0.25) is 0 Å². The van der Waals surface area contributed by atoms with Gasteiger partial charge in [-0.05, 0) is 25.7 Å². The number of esters is 1. The molecule has 0 aromatic rings. The molecular formula is C15H27NO4S. The van der Waals surface area contributed by atoms with Gasteiger partial charge in [-0.3, -0.25) is 4.79 Å². The number of carbonyl (C=O) groups excluding carboxylic acids is 1. The summed E-state index contributed by atoms with van der Waals surface area (Å²) < 4.78 is 32.1. The summed E-state index contributed by atoms with van der Waals surface area (Å²) >= 11 is 0. The molecule has 0 aromatic heterocycles. The summed E-state index contributed by atoms with van der Waals surface area (Å²) in [4.78, 5) is 11.8. The van der Waals surface area contributed by atoms with Crippen LogP contribution in [0.25, 0.3) is 0 Å². The van der Waals surface area contributed by atoms with E-state index in [0.717, 1.165) is 32.1 Å². The van der Waals surface area contributed by atoms with Crippen molar-refractivity contribution in [3.05, 3.63) is 0 Å². The number of nitrogens with zero attached hydrogens (tertiary/aromatic N) is 1. The maximum absolute atomic E-state index is 12.9. The van der Waals surface area contributed by atoms with Crippen molar-refractivity contribution in [2.75, 3.05) is 14.2 Å². The molecule has 2 atom stereocenters. The van der Waals surface area contributed by atoms with E-state index in [-0.39, 0.29) is 12.0 Å². The van der Waals surface area contributed by atoms with Crippen molar-refractivity contribution in [1.82, 2.24) is 4.31 Å². The monoisotopic (exact) mass is 317 g/mol. The molecule has 2 unspecified atom stereocenters. The van der Waals surface area contributed by atoms with Gasteiger partial charge in [-0.2, -0.15) is 0 Å². The van der Waals surface area contributed by atoms with E-state index in [0.29, 0.717) is 12.8 Å². The van der Waals surface area contributed by atoms with Gasteiger partial charge in [0.2, 0.25) is 10.0 Å². The number of methoxy groups -OCH3 is 1. The minimum atomic E-state index is -3.43. The molecule has 0 N–H and O–H groups in total. The van der Waals surface area contributed by atoms with Crippen LogP contribution in [0.3, 0.4) is 0 Å². The van der Waals surface area contributed by atoms with Crippen molar-refractivity contribution in [2.24, 2.45) is 5.92 Å². The first-order valence-corrected chi connectivity index (χ1v) is 9.53. The lowest BCUT2D eigenvalue weighted by Gasteiger charge is -2.30. The van der Waals surface area contributed by atoms with E-state index >= 15 is 0 Å². The Kier molecular flexibility index (Phi) is 5.66. The summed E-state index contributed by atoms with van der Waals surface area (Å²) in [6.45, 7) is 0. The predicted molar refractivity (Wildman–Crippen MR) is 81.3 cm³/mol. The molecule has 2 aliphatic carbocycles. The summed E-state index contributed by atoms with van der Waals surface area (Å²) in [6.07, 6.45) is 8.41. The van der Waals surface area contributed by atoms with E-state index in [4.69, 9.17) is 4.74 Å². The quantitative estimate of drug-likeness (QED) is 0.589. The van der Waals surface area contributed by atoms with Crippen LogP contribution in [0.4, 0.5) is 0 Å². The number of carbonyl (C=O) groups is 1. The highest BCUT2D eigenvalue weighted by Gasteiger charge is 2.45. The third-order valence-electron chi connectivity index (χ3n) is 5.08. The normalized spacial score (nSPS) is 28.5. The molecule has 0 amide bonds. The molecule has 21 heavy (non-hydrogen) atoms. The lowest BCUT2D eigenvalue weighted by Crippen LogP contribution is -2.45. The smallest absolute Gasteiger partial charge is 0.310 e. The number of ether oxygens (including phenoxy) is 1. The van der Waals surface area contributed by atoms with E-state index in [1.54, 1.807) is 11.4 Å². The van der Waals surface area contributed by atoms with Gasteiger partial charge in [-0.25, -0.2) is 12.7 Å². The fourth-order valence-corrected chi connectivity index (χ4v) is 5.93. The fraction of sp³-hybridized carbons (Fsp3) is 0.933. The molecule has 0 heterocycles. The first kappa shape index (κ1) is 16.7. The predicted octanol–water partition coefficient (Wildman–Crippen LogP) is 2.31. The Bertz CT molecular complexity index is 454. The number of sulfonamides is 1. The van der Waals surface area contributed by atoms with Crippen molar-refractivity contribution in [2.45, 2.75) is 69.1 Å². The van der Waals surface area contributed by atoms with Gasteiger partial charge < -0.3 is 4.74 Å². The first-order chi connectivity index (χ1) is 9.98. The van der Waals surface area contributed by atoms with E-state index < -0.39 is 21.2 Å². The first-order valence-electron chi connectivity index (χ1n) is 8.03. The molecule has 0 aromatic carbocycles. The Morgan fingerprint density at radius 2 is 1.62 bits per heavy atom. The van der Waals surface area contributed by atoms with Crippen molar-refractivity contribution >= 4 is 16.0 Å². The zero-order valence-corrected chi connectivity index (χ0v) is 13.9. The summed E-state index contributed by atoms with van der Waals surface area (Å²) in [5.74, 6) is -0.872. The number of hydrogen-bond donors (Lipinski definition) is 0. The minimum absolute atomic E-state index is 0.0939. The van der Waals surface area contributed by atoms with Crippen LogP contribution in [0.15, 0.2) is 0 Å². The molecule has 2 fully saturated rings. The van der Waals surface area contributed by atoms with E-state index in [1.807, 2.05) is 0 Å². The molecular weight excluding hydrogens is 290 g/mol. The lowest BCUT2D eigenvalue weighted by molar-refractivity contribution is -0.145. The summed E-state index contributed by atoms with van der Waals surface area (Å²) in [6, 6.07) is 0.0939. The number of rotatable bonds is 4. The van der Waals surface area contributed by atoms with Gasteiger partial charge in [-0.15, -0.1) is 0 Å². The van der Waals surface area contributed by atoms with Crippen LogP contribution >= 0.6 is 0 Å². The Balaban J connectivity index is 2.13. The SMILES string of the molecule is COC(=O)C1CCCC1S(=O)(=O)N(C)C1CCCCCC1. The molecule has 5 nitrogen and oxygen atoms in total. The molecule has 122 valence electrons. The van der Waals surface area contributed by atoms with Crippen LogP contribution in [-0.4, -0.2) is 44.1 Å². The van der Waals surface area contributed by atoms with Gasteiger partial charge in [0.15, 0.2) is 0 Å². The van der Waals surface area contributed by atoms with Gasteiger partial charge in [0, 0.05) is 13.1 Å². The van der Waals surface area contributed by atoms with Gasteiger partial charge >= 0.3 is 5.97 Å². The second-order valence-corrected chi connectivity index (χ2v) is 8.52. The minimum Gasteiger partial charge on any atom is -0.469 e. The molecule has 2 rings (SSSR count). The third kappa shape index (κ3) is 3.59. The largest absolute Gasteiger partial charge is 0.469 e. The molecule has 2 saturated carbocycles. The average Bonchev–Trinajstić information content (AvgIpc) is 2.82. The van der Waals surface area contributed by atoms with Crippen molar-refractivity contribution in [1.29, 1.82) is 0 Å². The molecule has 0 spiro atoms. The summed E-state index contributed by atoms with van der Waals surface area (Å²) in [5.41, 5.74) is 0. The van der Waals surface area contributed by atoms with E-state index in [9.17, 15) is 13.2 Å². The van der Waals surface area contributed by atoms with Crippen molar-refractivity contribution in [3.8, 4) is 0 Å². The molecule has 2 aliphatic rings. The zero-order chi connectivity index (χ0) is 15.5. The molecule has 6 heteroatoms. The van der Waals surface area contributed by atoms with Crippen LogP contribution < -0.4 is 0 Å². The van der Waals surface area contributed by atoms with Gasteiger partial charge in [-0.1, -0.05) is 32.1 Å². The molecule has 0 saturated heterocycles. The van der Waals surface area contributed by atoms with Crippen LogP contribution in [-0.2, 0) is 19.6 Å². The van der Waals surface area contributed by atoms with Crippen LogP contribution in [0.1, 0.15) is 57.8 Å². The summed E-state index contributed by atoms with van der Waals surface area (Å²) in [5, 5.41) is -0.599. The second kappa shape index (κ2) is 7.09. The van der Waals surface area contributed by atoms with E-state index in [2.05, 4.69) is 0 Å². The van der Waals surface area contributed by atoms with Gasteiger partial charge in [0.1, 0.15) is 0 Å². The van der Waals surface area contributed by atoms with Gasteiger partial charge in [0.05, 0.1) is 18.3 Å². The van der Waals surface area contributed by atoms with Crippen LogP contribution in [0, 0.1) is 5.92 Å². The van der Waals surface area contributed by atoms with Crippen molar-refractivity contribution in [3.63, 3.8) is 0 Å². The Labute approximate surface area is 128 Å². The topological polar surface area (TPSA) is 63.7 Å². The molecule has 0 aliphatic heterocycles. The lowest BCUT2D eigenvalue weighted by atomic mass is 10.1. The zero-order valence-electron chi connectivity index (χ0n) is 13.1. The highest BCUT2D eigenvalue weighted by atomic mass is 32.2. The van der Waals surface area contributed by atoms with E-state index in [1.165, 1.54) is 20.0 Å². The second-order valence-electron chi connectivity index (χ2n) is 6.31. The average molecular weight is 317 g/mol. The Morgan fingerprint density at radius 1 is 1.00 bits per heavy atom. The summed E-state index contributed by atoms with van der Waals surface area (Å²) in [7, 11) is -0.401. The van der Waals surface area contributed by atoms with Crippen molar-refractivity contribution < 1.29 is 17.9 Å². The fourth-order valence-electron chi connectivity index (χ4n) is 3.75. The highest BCUT2D eigenvalue weighted by molar-refractivity contribution is 7.89. The van der Waals surface area contributed by atoms with Gasteiger partial charge in [0.25, 0.3) is 0 Å². The van der Waals surface area contributed by atoms with Crippen LogP contribution in [0.5, 0.6) is 0 Å². The number of hydrogen-bond acceptors (Lipinski definition) is 4.